The zero-order valence-corrected chi connectivity index (χ0v) is 16.1. The molecule has 2 atom stereocenters. The van der Waals surface area contributed by atoms with Gasteiger partial charge in [0.25, 0.3) is 5.91 Å². The molecule has 0 aliphatic rings. The number of halogens is 1. The van der Waals surface area contributed by atoms with Crippen molar-refractivity contribution in [3.63, 3.8) is 0 Å². The number of amides is 1. The van der Waals surface area contributed by atoms with E-state index in [4.69, 9.17) is 16.3 Å². The molecular formula is C23H22ClNO2. The van der Waals surface area contributed by atoms with Gasteiger partial charge in [-0.3, -0.25) is 4.79 Å². The molecule has 0 bridgehead atoms. The zero-order chi connectivity index (χ0) is 19.2. The van der Waals surface area contributed by atoms with Crippen LogP contribution in [0.4, 0.5) is 0 Å². The lowest BCUT2D eigenvalue weighted by Gasteiger charge is -2.23. The van der Waals surface area contributed by atoms with E-state index in [2.05, 4.69) is 5.32 Å². The summed E-state index contributed by atoms with van der Waals surface area (Å²) < 4.78 is 5.75. The number of benzene rings is 3. The van der Waals surface area contributed by atoms with Crippen LogP contribution in [0.2, 0.25) is 5.02 Å². The predicted octanol–water partition coefficient (Wildman–Crippen LogP) is 5.32. The number of nitrogens with one attached hydrogen (secondary N) is 1. The fraction of sp³-hybridized carbons (Fsp3) is 0.174. The molecule has 138 valence electrons. The van der Waals surface area contributed by atoms with Crippen LogP contribution >= 0.6 is 11.6 Å². The first-order valence-electron chi connectivity index (χ1n) is 8.87. The summed E-state index contributed by atoms with van der Waals surface area (Å²) in [6.45, 7) is 3.77. The number of aryl methyl sites for hydroxylation is 1. The summed E-state index contributed by atoms with van der Waals surface area (Å²) in [7, 11) is 0. The Hall–Kier alpha value is -2.78. The number of ether oxygens (including phenoxy) is 1. The van der Waals surface area contributed by atoms with Crippen molar-refractivity contribution in [2.45, 2.75) is 26.0 Å². The quantitative estimate of drug-likeness (QED) is 0.629. The van der Waals surface area contributed by atoms with Gasteiger partial charge in [-0.15, -0.1) is 0 Å². The van der Waals surface area contributed by atoms with E-state index >= 15 is 0 Å². The van der Waals surface area contributed by atoms with Crippen molar-refractivity contribution in [1.29, 1.82) is 0 Å². The van der Waals surface area contributed by atoms with Crippen molar-refractivity contribution in [2.24, 2.45) is 0 Å². The van der Waals surface area contributed by atoms with Crippen LogP contribution in [0.15, 0.2) is 78.9 Å². The first kappa shape index (κ1) is 19.0. The number of carbonyl (C=O) groups excluding carboxylic acids is 1. The van der Waals surface area contributed by atoms with Crippen molar-refractivity contribution in [3.05, 3.63) is 101 Å². The van der Waals surface area contributed by atoms with Crippen molar-refractivity contribution in [1.82, 2.24) is 5.32 Å². The molecule has 27 heavy (non-hydrogen) atoms. The molecule has 0 radical (unpaired) electrons. The van der Waals surface area contributed by atoms with Crippen molar-refractivity contribution in [3.8, 4) is 5.75 Å². The van der Waals surface area contributed by atoms with Crippen molar-refractivity contribution >= 4 is 17.5 Å². The first-order chi connectivity index (χ1) is 13.0. The molecule has 0 aromatic heterocycles. The van der Waals surface area contributed by atoms with E-state index < -0.39 is 6.10 Å². The minimum atomic E-state index is -0.653. The molecule has 3 nitrogen and oxygen atoms in total. The first-order valence-corrected chi connectivity index (χ1v) is 9.25. The maximum atomic E-state index is 12.8. The molecule has 0 unspecified atom stereocenters. The highest BCUT2D eigenvalue weighted by molar-refractivity contribution is 6.30. The van der Waals surface area contributed by atoms with Crippen LogP contribution in [-0.4, -0.2) is 12.0 Å². The van der Waals surface area contributed by atoms with Crippen LogP contribution in [0.25, 0.3) is 0 Å². The normalized spacial score (nSPS) is 12.9. The van der Waals surface area contributed by atoms with E-state index in [9.17, 15) is 4.79 Å². The average Bonchev–Trinajstić information content (AvgIpc) is 2.67. The zero-order valence-electron chi connectivity index (χ0n) is 15.4. The number of hydrogen-bond acceptors (Lipinski definition) is 2. The topological polar surface area (TPSA) is 38.3 Å². The third-order valence-electron chi connectivity index (χ3n) is 4.31. The SMILES string of the molecule is Cc1ccc([C@H](NC(=O)[C@@H](C)Oc2cccc(Cl)c2)c2ccccc2)cc1. The van der Waals surface area contributed by atoms with Crippen molar-refractivity contribution < 1.29 is 9.53 Å². The molecule has 0 fully saturated rings. The Balaban J connectivity index is 1.79. The Morgan fingerprint density at radius 2 is 1.59 bits per heavy atom. The standard InChI is InChI=1S/C23H22ClNO2/c1-16-11-13-19(14-12-16)22(18-7-4-3-5-8-18)25-23(26)17(2)27-21-10-6-9-20(24)15-21/h3-15,17,22H,1-2H3,(H,25,26)/t17-,22-/m1/s1. The minimum Gasteiger partial charge on any atom is -0.481 e. The van der Waals surface area contributed by atoms with Crippen LogP contribution in [0.5, 0.6) is 5.75 Å². The van der Waals surface area contributed by atoms with Gasteiger partial charge in [0, 0.05) is 5.02 Å². The second kappa shape index (κ2) is 8.74. The lowest BCUT2D eigenvalue weighted by atomic mass is 9.97. The molecule has 0 heterocycles. The van der Waals surface area contributed by atoms with Crippen LogP contribution in [0.3, 0.4) is 0 Å². The van der Waals surface area contributed by atoms with Gasteiger partial charge in [0.05, 0.1) is 6.04 Å². The lowest BCUT2D eigenvalue weighted by molar-refractivity contribution is -0.127. The van der Waals surface area contributed by atoms with Gasteiger partial charge in [0.15, 0.2) is 6.10 Å². The number of hydrogen-bond donors (Lipinski definition) is 1. The molecule has 0 aliphatic heterocycles. The summed E-state index contributed by atoms with van der Waals surface area (Å²) in [5.74, 6) is 0.376. The molecular weight excluding hydrogens is 358 g/mol. The molecule has 4 heteroatoms. The van der Waals surface area contributed by atoms with E-state index in [1.54, 1.807) is 31.2 Å². The monoisotopic (exact) mass is 379 g/mol. The lowest BCUT2D eigenvalue weighted by Crippen LogP contribution is -2.39. The fourth-order valence-corrected chi connectivity index (χ4v) is 3.00. The second-order valence-corrected chi connectivity index (χ2v) is 6.92. The van der Waals surface area contributed by atoms with E-state index in [0.29, 0.717) is 10.8 Å². The van der Waals surface area contributed by atoms with Gasteiger partial charge in [-0.2, -0.15) is 0 Å². The van der Waals surface area contributed by atoms with Crippen LogP contribution in [-0.2, 0) is 4.79 Å². The maximum absolute atomic E-state index is 12.8. The molecule has 3 aromatic carbocycles. The van der Waals surface area contributed by atoms with Gasteiger partial charge >= 0.3 is 0 Å². The molecule has 3 aromatic rings. The van der Waals surface area contributed by atoms with E-state index in [-0.39, 0.29) is 11.9 Å². The van der Waals surface area contributed by atoms with Crippen LogP contribution < -0.4 is 10.1 Å². The summed E-state index contributed by atoms with van der Waals surface area (Å²) in [4.78, 5) is 12.8. The summed E-state index contributed by atoms with van der Waals surface area (Å²) in [6, 6.07) is 24.9. The van der Waals surface area contributed by atoms with Gasteiger partial charge in [-0.05, 0) is 43.2 Å². The molecule has 1 N–H and O–H groups in total. The highest BCUT2D eigenvalue weighted by Gasteiger charge is 2.21. The van der Waals surface area contributed by atoms with Gasteiger partial charge in [0.2, 0.25) is 0 Å². The maximum Gasteiger partial charge on any atom is 0.261 e. The fourth-order valence-electron chi connectivity index (χ4n) is 2.82. The third-order valence-corrected chi connectivity index (χ3v) is 4.54. The van der Waals surface area contributed by atoms with E-state index in [1.807, 2.05) is 61.5 Å². The summed E-state index contributed by atoms with van der Waals surface area (Å²) in [5.41, 5.74) is 3.22. The molecule has 0 saturated carbocycles. The number of rotatable bonds is 6. The van der Waals surface area contributed by atoms with Crippen LogP contribution in [0, 0.1) is 6.92 Å². The van der Waals surface area contributed by atoms with Gasteiger partial charge in [-0.25, -0.2) is 0 Å². The summed E-state index contributed by atoms with van der Waals surface area (Å²) in [6.07, 6.45) is -0.653. The van der Waals surface area contributed by atoms with Crippen LogP contribution in [0.1, 0.15) is 29.7 Å². The van der Waals surface area contributed by atoms with Crippen molar-refractivity contribution in [2.75, 3.05) is 0 Å². The average molecular weight is 380 g/mol. The Labute approximate surface area is 164 Å². The largest absolute Gasteiger partial charge is 0.481 e. The van der Waals surface area contributed by atoms with Gasteiger partial charge in [-0.1, -0.05) is 77.8 Å². The van der Waals surface area contributed by atoms with E-state index in [1.165, 1.54) is 5.56 Å². The smallest absolute Gasteiger partial charge is 0.261 e. The molecule has 1 amide bonds. The minimum absolute atomic E-state index is 0.190. The summed E-state index contributed by atoms with van der Waals surface area (Å²) >= 11 is 5.98. The Bertz CT molecular complexity index is 894. The highest BCUT2D eigenvalue weighted by atomic mass is 35.5. The Morgan fingerprint density at radius 3 is 2.26 bits per heavy atom. The van der Waals surface area contributed by atoms with Gasteiger partial charge < -0.3 is 10.1 Å². The highest BCUT2D eigenvalue weighted by Crippen LogP contribution is 2.23. The molecule has 0 aliphatic carbocycles. The Kier molecular flexibility index (Phi) is 6.15. The summed E-state index contributed by atoms with van der Waals surface area (Å²) in [5, 5.41) is 3.68. The van der Waals surface area contributed by atoms with E-state index in [0.717, 1.165) is 11.1 Å². The molecule has 3 rings (SSSR count). The third kappa shape index (κ3) is 5.11. The molecule has 0 spiro atoms. The van der Waals surface area contributed by atoms with Gasteiger partial charge in [0.1, 0.15) is 5.75 Å². The second-order valence-electron chi connectivity index (χ2n) is 6.48. The molecule has 0 saturated heterocycles. The predicted molar refractivity (Wildman–Crippen MR) is 109 cm³/mol. The number of carbonyl (C=O) groups is 1. The Morgan fingerprint density at radius 1 is 0.926 bits per heavy atom.